The number of hydrogen-bond donors (Lipinski definition) is 1. The van der Waals surface area contributed by atoms with Gasteiger partial charge in [-0.3, -0.25) is 9.35 Å². The minimum Gasteiger partial charge on any atom is -0.461 e. The van der Waals surface area contributed by atoms with Crippen LogP contribution < -0.4 is 0 Å². The van der Waals surface area contributed by atoms with Crippen LogP contribution in [0.5, 0.6) is 0 Å². The Kier molecular flexibility index (Phi) is 10.8. The summed E-state index contributed by atoms with van der Waals surface area (Å²) in [5.41, 5.74) is 0. The monoisotopic (exact) mass is 548 g/mol. The molecule has 16 heteroatoms. The third-order valence-electron chi connectivity index (χ3n) is 5.25. The van der Waals surface area contributed by atoms with Crippen LogP contribution >= 0.6 is 0 Å². The summed E-state index contributed by atoms with van der Waals surface area (Å²) in [5, 5.41) is -5.94. The molecule has 0 aliphatic heterocycles. The van der Waals surface area contributed by atoms with E-state index in [4.69, 9.17) is 4.55 Å². The van der Waals surface area contributed by atoms with Crippen molar-refractivity contribution in [2.45, 2.75) is 87.9 Å². The first kappa shape index (κ1) is 31.4. The Morgan fingerprint density at radius 1 is 0.943 bits per heavy atom. The van der Waals surface area contributed by atoms with Gasteiger partial charge in [0.15, 0.2) is 0 Å². The largest absolute Gasteiger partial charge is 0.468 e. The van der Waals surface area contributed by atoms with Crippen LogP contribution in [0.4, 0.5) is 30.7 Å². The zero-order chi connectivity index (χ0) is 27.1. The highest BCUT2D eigenvalue weighted by atomic mass is 32.2. The summed E-state index contributed by atoms with van der Waals surface area (Å²) in [6.07, 6.45) is -6.51. The Bertz CT molecular complexity index is 826. The molecule has 0 aromatic carbocycles. The molecular formula is C19H27F7O8S. The zero-order valence-electron chi connectivity index (χ0n) is 18.7. The van der Waals surface area contributed by atoms with Gasteiger partial charge in [0.05, 0.1) is 19.1 Å². The van der Waals surface area contributed by atoms with Gasteiger partial charge in [-0.25, -0.2) is 4.79 Å². The Labute approximate surface area is 197 Å². The van der Waals surface area contributed by atoms with Crippen LogP contribution in [0.25, 0.3) is 0 Å². The average Bonchev–Trinajstić information content (AvgIpc) is 2.74. The first-order valence-electron chi connectivity index (χ1n) is 10.8. The molecule has 1 N–H and O–H groups in total. The Morgan fingerprint density at radius 2 is 1.51 bits per heavy atom. The third kappa shape index (κ3) is 7.65. The van der Waals surface area contributed by atoms with Gasteiger partial charge in [0.25, 0.3) is 0 Å². The van der Waals surface area contributed by atoms with Crippen LogP contribution in [0, 0.1) is 5.92 Å². The zero-order valence-corrected chi connectivity index (χ0v) is 19.5. The van der Waals surface area contributed by atoms with Crippen molar-refractivity contribution in [1.82, 2.24) is 0 Å². The van der Waals surface area contributed by atoms with Gasteiger partial charge >= 0.3 is 45.2 Å². The number of ether oxygens (including phenoxy) is 3. The smallest absolute Gasteiger partial charge is 0.461 e. The molecule has 1 rings (SSSR count). The number of carbonyl (C=O) groups excluding carboxylic acids is 2. The van der Waals surface area contributed by atoms with Crippen molar-refractivity contribution in [2.24, 2.45) is 5.92 Å². The van der Waals surface area contributed by atoms with Gasteiger partial charge in [-0.1, -0.05) is 32.6 Å². The van der Waals surface area contributed by atoms with Gasteiger partial charge < -0.3 is 14.2 Å². The molecule has 1 fully saturated rings. The van der Waals surface area contributed by atoms with Crippen LogP contribution in [-0.4, -0.2) is 61.3 Å². The standard InChI is InChI=1S/C19H27F7O8S/c1-2-3-11-32-15(28)17(18(22,23)24,34-14(27)13-8-5-4-6-9-13)33-12-7-10-16(20,21)19(25,26)35(29,30)31/h13H,2-12H2,1H3,(H,29,30,31). The fourth-order valence-electron chi connectivity index (χ4n) is 3.20. The maximum absolute atomic E-state index is 14.0. The summed E-state index contributed by atoms with van der Waals surface area (Å²) in [7, 11) is -6.55. The number of alkyl halides is 7. The lowest BCUT2D eigenvalue weighted by atomic mass is 9.89. The molecule has 206 valence electrons. The second-order valence-corrected chi connectivity index (χ2v) is 9.47. The highest BCUT2D eigenvalue weighted by Crippen LogP contribution is 2.42. The van der Waals surface area contributed by atoms with Crippen molar-refractivity contribution in [3.63, 3.8) is 0 Å². The minimum absolute atomic E-state index is 0.132. The average molecular weight is 548 g/mol. The Hall–Kier alpha value is -1.68. The van der Waals surface area contributed by atoms with E-state index in [1.165, 1.54) is 0 Å². The molecule has 8 nitrogen and oxygen atoms in total. The normalized spacial score (nSPS) is 18.1. The van der Waals surface area contributed by atoms with Gasteiger partial charge in [-0.15, -0.1) is 0 Å². The number of carbonyl (C=O) groups is 2. The van der Waals surface area contributed by atoms with E-state index in [2.05, 4.69) is 14.2 Å². The number of unbranched alkanes of at least 4 members (excludes halogenated alkanes) is 1. The van der Waals surface area contributed by atoms with Crippen molar-refractivity contribution in [2.75, 3.05) is 13.2 Å². The van der Waals surface area contributed by atoms with Crippen molar-refractivity contribution >= 4 is 22.1 Å². The lowest BCUT2D eigenvalue weighted by Gasteiger charge is -2.34. The molecule has 1 aliphatic rings. The maximum Gasteiger partial charge on any atom is 0.468 e. The van der Waals surface area contributed by atoms with E-state index in [1.54, 1.807) is 6.92 Å². The lowest BCUT2D eigenvalue weighted by Crippen LogP contribution is -2.59. The fourth-order valence-corrected chi connectivity index (χ4v) is 3.68. The van der Waals surface area contributed by atoms with Gasteiger partial charge in [0.2, 0.25) is 0 Å². The Balaban J connectivity index is 3.11. The SMILES string of the molecule is CCCCOC(=O)C(OCCCC(F)(F)C(F)(F)S(=O)(=O)O)(OC(=O)C1CCCCC1)C(F)(F)F. The molecule has 0 aromatic heterocycles. The van der Waals surface area contributed by atoms with Crippen LogP contribution in [0.3, 0.4) is 0 Å². The van der Waals surface area contributed by atoms with Crippen molar-refractivity contribution < 1.29 is 67.5 Å². The van der Waals surface area contributed by atoms with E-state index in [-0.39, 0.29) is 19.3 Å². The lowest BCUT2D eigenvalue weighted by molar-refractivity contribution is -0.357. The molecule has 0 spiro atoms. The number of hydrogen-bond acceptors (Lipinski definition) is 7. The summed E-state index contributed by atoms with van der Waals surface area (Å²) in [4.78, 5) is 24.8. The fraction of sp³-hybridized carbons (Fsp3) is 0.895. The van der Waals surface area contributed by atoms with E-state index in [0.29, 0.717) is 19.3 Å². The minimum atomic E-state index is -6.55. The first-order valence-corrected chi connectivity index (χ1v) is 12.2. The molecular weight excluding hydrogens is 521 g/mol. The molecule has 0 amide bonds. The quantitative estimate of drug-likeness (QED) is 0.117. The van der Waals surface area contributed by atoms with Gasteiger partial charge in [-0.05, 0) is 25.7 Å². The number of halogens is 7. The summed E-state index contributed by atoms with van der Waals surface area (Å²) in [5.74, 6) is -14.4. The van der Waals surface area contributed by atoms with E-state index >= 15 is 0 Å². The van der Waals surface area contributed by atoms with Crippen LogP contribution in [0.2, 0.25) is 0 Å². The molecule has 1 unspecified atom stereocenters. The maximum atomic E-state index is 14.0. The molecule has 0 aromatic rings. The van der Waals surface area contributed by atoms with Crippen LogP contribution in [-0.2, 0) is 33.9 Å². The molecule has 1 atom stereocenters. The van der Waals surface area contributed by atoms with Gasteiger partial charge in [-0.2, -0.15) is 39.2 Å². The van der Waals surface area contributed by atoms with Crippen molar-refractivity contribution in [3.8, 4) is 0 Å². The first-order chi connectivity index (χ1) is 15.9. The molecule has 0 bridgehead atoms. The molecule has 1 aliphatic carbocycles. The number of rotatable bonds is 13. The summed E-state index contributed by atoms with van der Waals surface area (Å²) < 4.78 is 139. The molecule has 1 saturated carbocycles. The molecule has 0 saturated heterocycles. The third-order valence-corrected chi connectivity index (χ3v) is 6.19. The molecule has 35 heavy (non-hydrogen) atoms. The number of esters is 2. The molecule has 0 heterocycles. The van der Waals surface area contributed by atoms with E-state index in [1.807, 2.05) is 0 Å². The van der Waals surface area contributed by atoms with E-state index in [9.17, 15) is 48.7 Å². The van der Waals surface area contributed by atoms with Crippen LogP contribution in [0.15, 0.2) is 0 Å². The molecule has 0 radical (unpaired) electrons. The van der Waals surface area contributed by atoms with Gasteiger partial charge in [0, 0.05) is 6.42 Å². The highest BCUT2D eigenvalue weighted by molar-refractivity contribution is 7.87. The predicted octanol–water partition coefficient (Wildman–Crippen LogP) is 4.62. The highest BCUT2D eigenvalue weighted by Gasteiger charge is 2.68. The second kappa shape index (κ2) is 12.0. The second-order valence-electron chi connectivity index (χ2n) is 8.01. The van der Waals surface area contributed by atoms with E-state index < -0.39 is 77.2 Å². The van der Waals surface area contributed by atoms with Crippen LogP contribution in [0.1, 0.15) is 64.7 Å². The Morgan fingerprint density at radius 3 is 2.00 bits per heavy atom. The van der Waals surface area contributed by atoms with E-state index in [0.717, 1.165) is 6.42 Å². The summed E-state index contributed by atoms with van der Waals surface area (Å²) >= 11 is 0. The van der Waals surface area contributed by atoms with Crippen molar-refractivity contribution in [1.29, 1.82) is 0 Å². The van der Waals surface area contributed by atoms with Crippen molar-refractivity contribution in [3.05, 3.63) is 0 Å². The topological polar surface area (TPSA) is 116 Å². The summed E-state index contributed by atoms with van der Waals surface area (Å²) in [6, 6.07) is 0. The predicted molar refractivity (Wildman–Crippen MR) is 104 cm³/mol. The summed E-state index contributed by atoms with van der Waals surface area (Å²) in [6.45, 7) is -0.374. The van der Waals surface area contributed by atoms with Gasteiger partial charge in [0.1, 0.15) is 0 Å².